The summed E-state index contributed by atoms with van der Waals surface area (Å²) in [4.78, 5) is 10.8. The molecule has 4 N–H and O–H groups in total. The first-order valence-corrected chi connectivity index (χ1v) is 9.42. The smallest absolute Gasteiger partial charge is 0.320 e. The lowest BCUT2D eigenvalue weighted by atomic mass is 10.1. The number of phenols is 1. The lowest BCUT2D eigenvalue weighted by molar-refractivity contribution is -0.138. The van der Waals surface area contributed by atoms with Crippen molar-refractivity contribution >= 4 is 74.4 Å². The van der Waals surface area contributed by atoms with Crippen LogP contribution in [0.2, 0.25) is 10.0 Å². The molecule has 2 aromatic carbocycles. The Hall–Kier alpha value is -0.490. The van der Waals surface area contributed by atoms with Crippen molar-refractivity contribution in [2.75, 3.05) is 0 Å². The van der Waals surface area contributed by atoms with Gasteiger partial charge in [-0.2, -0.15) is 0 Å². The number of phenolic OH excluding ortho intramolecular Hbond substituents is 1. The van der Waals surface area contributed by atoms with Gasteiger partial charge in [-0.05, 0) is 81.4 Å². The van der Waals surface area contributed by atoms with Crippen LogP contribution in [0, 0.1) is 7.14 Å². The summed E-state index contributed by atoms with van der Waals surface area (Å²) in [7, 11) is 0. The quantitative estimate of drug-likeness (QED) is 0.439. The summed E-state index contributed by atoms with van der Waals surface area (Å²) in [5, 5.41) is 19.1. The highest BCUT2D eigenvalue weighted by Crippen LogP contribution is 2.39. The zero-order valence-corrected chi connectivity index (χ0v) is 17.7. The van der Waals surface area contributed by atoms with Gasteiger partial charge in [-0.15, -0.1) is 0 Å². The highest BCUT2D eigenvalue weighted by molar-refractivity contribution is 14.1. The number of halogens is 4. The molecule has 1 atom stereocenters. The van der Waals surface area contributed by atoms with E-state index >= 15 is 0 Å². The number of hydrogen-bond acceptors (Lipinski definition) is 4. The van der Waals surface area contributed by atoms with E-state index in [1.54, 1.807) is 24.3 Å². The van der Waals surface area contributed by atoms with E-state index in [1.165, 1.54) is 0 Å². The topological polar surface area (TPSA) is 92.8 Å². The second kappa shape index (κ2) is 8.26. The van der Waals surface area contributed by atoms with Crippen LogP contribution < -0.4 is 10.5 Å². The fraction of sp³-hybridized carbons (Fsp3) is 0.133. The number of rotatable bonds is 5. The van der Waals surface area contributed by atoms with Gasteiger partial charge in [0, 0.05) is 0 Å². The largest absolute Gasteiger partial charge is 0.506 e. The maximum absolute atomic E-state index is 10.8. The van der Waals surface area contributed by atoms with Crippen molar-refractivity contribution < 1.29 is 19.7 Å². The minimum Gasteiger partial charge on any atom is -0.506 e. The van der Waals surface area contributed by atoms with E-state index in [0.717, 1.165) is 0 Å². The van der Waals surface area contributed by atoms with Gasteiger partial charge < -0.3 is 20.7 Å². The van der Waals surface area contributed by atoms with Gasteiger partial charge in [0.25, 0.3) is 0 Å². The molecule has 0 amide bonds. The molecule has 5 nitrogen and oxygen atoms in total. The molecule has 128 valence electrons. The molecule has 0 saturated heterocycles. The molecule has 2 aromatic rings. The van der Waals surface area contributed by atoms with E-state index in [4.69, 9.17) is 38.8 Å². The van der Waals surface area contributed by atoms with Gasteiger partial charge in [-0.25, -0.2) is 0 Å². The summed E-state index contributed by atoms with van der Waals surface area (Å²) >= 11 is 16.4. The van der Waals surface area contributed by atoms with Crippen molar-refractivity contribution in [2.45, 2.75) is 12.5 Å². The molecule has 0 saturated carbocycles. The molecule has 0 heterocycles. The van der Waals surface area contributed by atoms with Crippen LogP contribution in [0.1, 0.15) is 5.56 Å². The van der Waals surface area contributed by atoms with E-state index in [-0.39, 0.29) is 28.0 Å². The normalized spacial score (nSPS) is 12.0. The Kier molecular flexibility index (Phi) is 6.82. The average Bonchev–Trinajstić information content (AvgIpc) is 2.48. The minimum atomic E-state index is -1.10. The van der Waals surface area contributed by atoms with Gasteiger partial charge in [0.15, 0.2) is 5.75 Å². The van der Waals surface area contributed by atoms with Gasteiger partial charge in [0.05, 0.1) is 17.2 Å². The third kappa shape index (κ3) is 4.78. The Morgan fingerprint density at radius 3 is 2.12 bits per heavy atom. The summed E-state index contributed by atoms with van der Waals surface area (Å²) in [5.74, 6) is -0.196. The average molecular weight is 594 g/mol. The van der Waals surface area contributed by atoms with E-state index in [9.17, 15) is 9.90 Å². The number of ether oxygens (including phenoxy) is 1. The molecule has 0 bridgehead atoms. The molecule has 0 aliphatic rings. The third-order valence-corrected chi connectivity index (χ3v) is 5.25. The highest BCUT2D eigenvalue weighted by Gasteiger charge is 2.17. The summed E-state index contributed by atoms with van der Waals surface area (Å²) < 4.78 is 6.99. The highest BCUT2D eigenvalue weighted by atomic mass is 127. The fourth-order valence-corrected chi connectivity index (χ4v) is 4.21. The monoisotopic (exact) mass is 593 g/mol. The van der Waals surface area contributed by atoms with Crippen LogP contribution in [0.5, 0.6) is 17.2 Å². The maximum Gasteiger partial charge on any atom is 0.320 e. The van der Waals surface area contributed by atoms with E-state index < -0.39 is 12.0 Å². The molecule has 24 heavy (non-hydrogen) atoms. The fourth-order valence-electron chi connectivity index (χ4n) is 1.89. The Balaban J connectivity index is 2.30. The molecule has 0 aliphatic heterocycles. The molecule has 0 spiro atoms. The number of nitrogens with two attached hydrogens (primary N) is 1. The van der Waals surface area contributed by atoms with Gasteiger partial charge in [0.2, 0.25) is 0 Å². The number of carboxylic acid groups (broad SMARTS) is 1. The number of carbonyl (C=O) groups is 1. The number of aliphatic carboxylic acids is 1. The van der Waals surface area contributed by atoms with Crippen molar-refractivity contribution in [1.29, 1.82) is 0 Å². The predicted molar refractivity (Wildman–Crippen MR) is 109 cm³/mol. The summed E-state index contributed by atoms with van der Waals surface area (Å²) in [6.45, 7) is 0. The Morgan fingerprint density at radius 2 is 1.67 bits per heavy atom. The first-order chi connectivity index (χ1) is 11.2. The second-order valence-corrected chi connectivity index (χ2v) is 8.01. The standard InChI is InChI=1S/C15H11Cl2I2NO4/c16-8-1-6(3-12(20)15(22)23)2-9(17)14(8)24-7-4-10(18)13(21)11(19)5-7/h1-2,4-5,12,21H,3,20H2,(H,22,23)/t12-/m0/s1. The maximum atomic E-state index is 10.8. The first-order valence-electron chi connectivity index (χ1n) is 6.51. The van der Waals surface area contributed by atoms with Crippen molar-refractivity contribution in [2.24, 2.45) is 5.73 Å². The number of hydrogen-bond donors (Lipinski definition) is 3. The zero-order valence-electron chi connectivity index (χ0n) is 11.9. The van der Waals surface area contributed by atoms with Gasteiger partial charge >= 0.3 is 5.97 Å². The second-order valence-electron chi connectivity index (χ2n) is 4.88. The molecular formula is C15H11Cl2I2NO4. The van der Waals surface area contributed by atoms with Gasteiger partial charge in [0.1, 0.15) is 17.5 Å². The van der Waals surface area contributed by atoms with Gasteiger partial charge in [-0.3, -0.25) is 4.79 Å². The number of benzene rings is 2. The van der Waals surface area contributed by atoms with Crippen molar-refractivity contribution in [1.82, 2.24) is 0 Å². The molecule has 0 aliphatic carbocycles. The minimum absolute atomic E-state index is 0.101. The van der Waals surface area contributed by atoms with E-state index in [2.05, 4.69) is 0 Å². The van der Waals surface area contributed by atoms with Crippen molar-refractivity contribution in [3.05, 3.63) is 47.0 Å². The Morgan fingerprint density at radius 1 is 1.17 bits per heavy atom. The van der Waals surface area contributed by atoms with Crippen LogP contribution in [-0.2, 0) is 11.2 Å². The Bertz CT molecular complexity index is 755. The van der Waals surface area contributed by atoms with Crippen molar-refractivity contribution in [3.8, 4) is 17.2 Å². The van der Waals surface area contributed by atoms with Crippen LogP contribution in [0.4, 0.5) is 0 Å². The summed E-state index contributed by atoms with van der Waals surface area (Å²) in [5.41, 5.74) is 6.11. The number of aromatic hydroxyl groups is 1. The molecule has 0 unspecified atom stereocenters. The van der Waals surface area contributed by atoms with Crippen molar-refractivity contribution in [3.63, 3.8) is 0 Å². The van der Waals surface area contributed by atoms with Crippen LogP contribution in [0.15, 0.2) is 24.3 Å². The lowest BCUT2D eigenvalue weighted by Gasteiger charge is -2.14. The van der Waals surface area contributed by atoms with Crippen LogP contribution in [0.3, 0.4) is 0 Å². The SMILES string of the molecule is N[C@@H](Cc1cc(Cl)c(Oc2cc(I)c(O)c(I)c2)c(Cl)c1)C(=O)O. The molecule has 0 fully saturated rings. The lowest BCUT2D eigenvalue weighted by Crippen LogP contribution is -2.32. The van der Waals surface area contributed by atoms with E-state index in [1.807, 2.05) is 45.2 Å². The molecular weight excluding hydrogens is 583 g/mol. The summed E-state index contributed by atoms with van der Waals surface area (Å²) in [6, 6.07) is 5.41. The van der Waals surface area contributed by atoms with Gasteiger partial charge in [-0.1, -0.05) is 23.2 Å². The molecule has 0 aromatic heterocycles. The molecule has 2 rings (SSSR count). The first kappa shape index (κ1) is 19.8. The molecule has 9 heteroatoms. The molecule has 0 radical (unpaired) electrons. The summed E-state index contributed by atoms with van der Waals surface area (Å²) in [6.07, 6.45) is 0.101. The zero-order chi connectivity index (χ0) is 18.0. The Labute approximate surface area is 175 Å². The number of carboxylic acids is 1. The predicted octanol–water partition coefficient (Wildman–Crippen LogP) is 4.65. The van der Waals surface area contributed by atoms with E-state index in [0.29, 0.717) is 18.5 Å². The third-order valence-electron chi connectivity index (χ3n) is 3.04. The van der Waals surface area contributed by atoms with Crippen LogP contribution in [-0.4, -0.2) is 22.2 Å². The van der Waals surface area contributed by atoms with Crippen LogP contribution >= 0.6 is 68.4 Å². The van der Waals surface area contributed by atoms with Crippen LogP contribution in [0.25, 0.3) is 0 Å².